The molecule has 0 rings (SSSR count). The first-order valence-electron chi connectivity index (χ1n) is 6.14. The molecule has 2 unspecified atom stereocenters. The summed E-state index contributed by atoms with van der Waals surface area (Å²) in [6, 6.07) is -0.848. The molecule has 0 aromatic rings. The first kappa shape index (κ1) is 16.6. The highest BCUT2D eigenvalue weighted by Gasteiger charge is 2.22. The number of hydrogen-bond donors (Lipinski definition) is 3. The quantitative estimate of drug-likeness (QED) is 0.608. The third-order valence-electron chi connectivity index (χ3n) is 2.21. The molecule has 3 N–H and O–H groups in total. The van der Waals surface area contributed by atoms with Crippen molar-refractivity contribution in [1.82, 2.24) is 16.0 Å². The zero-order valence-electron chi connectivity index (χ0n) is 12.0. The maximum atomic E-state index is 11.8. The zero-order valence-corrected chi connectivity index (χ0v) is 12.0. The summed E-state index contributed by atoms with van der Waals surface area (Å²) in [6.45, 7) is 13.1. The molecular formula is C13H25N3O2. The number of amides is 2. The van der Waals surface area contributed by atoms with Gasteiger partial charge in [-0.3, -0.25) is 14.9 Å². The SMILES string of the molecule is C=CCNC(=O)C(C)NC(C)C(=O)NC(C)(C)C. The largest absolute Gasteiger partial charge is 0.351 e. The van der Waals surface area contributed by atoms with E-state index in [0.717, 1.165) is 0 Å². The Labute approximate surface area is 109 Å². The van der Waals surface area contributed by atoms with Crippen molar-refractivity contribution >= 4 is 11.8 Å². The van der Waals surface area contributed by atoms with Gasteiger partial charge in [-0.15, -0.1) is 6.58 Å². The van der Waals surface area contributed by atoms with Gasteiger partial charge in [0.2, 0.25) is 11.8 Å². The van der Waals surface area contributed by atoms with E-state index < -0.39 is 12.1 Å². The Hall–Kier alpha value is -1.36. The molecule has 0 aromatic heterocycles. The maximum absolute atomic E-state index is 11.8. The molecule has 0 bridgehead atoms. The molecule has 5 nitrogen and oxygen atoms in total. The van der Waals surface area contributed by atoms with Crippen LogP contribution in [0.4, 0.5) is 0 Å². The molecule has 0 saturated carbocycles. The van der Waals surface area contributed by atoms with Crippen LogP contribution in [0.25, 0.3) is 0 Å². The molecule has 0 aliphatic carbocycles. The minimum atomic E-state index is -0.425. The zero-order chi connectivity index (χ0) is 14.3. The Kier molecular flexibility index (Phi) is 6.62. The van der Waals surface area contributed by atoms with Crippen molar-refractivity contribution in [2.45, 2.75) is 52.2 Å². The van der Waals surface area contributed by atoms with Gasteiger partial charge in [-0.05, 0) is 34.6 Å². The summed E-state index contributed by atoms with van der Waals surface area (Å²) in [4.78, 5) is 23.4. The lowest BCUT2D eigenvalue weighted by atomic mass is 10.1. The highest BCUT2D eigenvalue weighted by Crippen LogP contribution is 1.99. The Balaban J connectivity index is 4.21. The van der Waals surface area contributed by atoms with Crippen LogP contribution in [0.15, 0.2) is 12.7 Å². The van der Waals surface area contributed by atoms with Crippen molar-refractivity contribution in [2.75, 3.05) is 6.54 Å². The molecule has 0 aliphatic rings. The van der Waals surface area contributed by atoms with Gasteiger partial charge < -0.3 is 10.6 Å². The second-order valence-electron chi connectivity index (χ2n) is 5.38. The number of carbonyl (C=O) groups is 2. The van der Waals surface area contributed by atoms with Crippen LogP contribution >= 0.6 is 0 Å². The number of carbonyl (C=O) groups excluding carboxylic acids is 2. The molecule has 5 heteroatoms. The van der Waals surface area contributed by atoms with Gasteiger partial charge in [0, 0.05) is 12.1 Å². The van der Waals surface area contributed by atoms with Crippen LogP contribution in [0.1, 0.15) is 34.6 Å². The monoisotopic (exact) mass is 255 g/mol. The predicted octanol–water partition coefficient (Wildman–Crippen LogP) is 0.570. The van der Waals surface area contributed by atoms with Gasteiger partial charge in [0.25, 0.3) is 0 Å². The van der Waals surface area contributed by atoms with E-state index in [4.69, 9.17) is 0 Å². The van der Waals surface area contributed by atoms with E-state index in [1.165, 1.54) is 0 Å². The molecule has 0 spiro atoms. The van der Waals surface area contributed by atoms with Crippen molar-refractivity contribution < 1.29 is 9.59 Å². The molecule has 0 fully saturated rings. The lowest BCUT2D eigenvalue weighted by molar-refractivity contribution is -0.125. The molecule has 0 saturated heterocycles. The van der Waals surface area contributed by atoms with Gasteiger partial charge in [0.1, 0.15) is 0 Å². The van der Waals surface area contributed by atoms with E-state index >= 15 is 0 Å². The molecular weight excluding hydrogens is 230 g/mol. The van der Waals surface area contributed by atoms with Gasteiger partial charge in [-0.2, -0.15) is 0 Å². The molecule has 104 valence electrons. The molecule has 0 heterocycles. The normalized spacial score (nSPS) is 14.5. The lowest BCUT2D eigenvalue weighted by Crippen LogP contribution is -2.54. The Bertz CT molecular complexity index is 308. The van der Waals surface area contributed by atoms with E-state index in [2.05, 4.69) is 22.5 Å². The molecule has 0 aromatic carbocycles. The van der Waals surface area contributed by atoms with Crippen LogP contribution < -0.4 is 16.0 Å². The Morgan fingerprint density at radius 3 is 2.11 bits per heavy atom. The second-order valence-corrected chi connectivity index (χ2v) is 5.38. The van der Waals surface area contributed by atoms with Gasteiger partial charge in [-0.25, -0.2) is 0 Å². The fourth-order valence-electron chi connectivity index (χ4n) is 1.33. The van der Waals surface area contributed by atoms with Crippen molar-refractivity contribution in [3.05, 3.63) is 12.7 Å². The fraction of sp³-hybridized carbons (Fsp3) is 0.692. The highest BCUT2D eigenvalue weighted by atomic mass is 16.2. The summed E-state index contributed by atoms with van der Waals surface area (Å²) >= 11 is 0. The van der Waals surface area contributed by atoms with Crippen LogP contribution in [0.5, 0.6) is 0 Å². The van der Waals surface area contributed by atoms with E-state index in [1.807, 2.05) is 20.8 Å². The van der Waals surface area contributed by atoms with Crippen molar-refractivity contribution in [3.8, 4) is 0 Å². The molecule has 18 heavy (non-hydrogen) atoms. The summed E-state index contributed by atoms with van der Waals surface area (Å²) < 4.78 is 0. The standard InChI is InChI=1S/C13H25N3O2/c1-7-8-14-11(17)9(2)15-10(3)12(18)16-13(4,5)6/h7,9-10,15H,1,8H2,2-6H3,(H,14,17)(H,16,18). The average Bonchev–Trinajstić information content (AvgIpc) is 2.23. The fourth-order valence-corrected chi connectivity index (χ4v) is 1.33. The number of nitrogens with one attached hydrogen (secondary N) is 3. The van der Waals surface area contributed by atoms with Crippen LogP contribution in [-0.2, 0) is 9.59 Å². The van der Waals surface area contributed by atoms with E-state index in [-0.39, 0.29) is 17.4 Å². The molecule has 0 aliphatic heterocycles. The van der Waals surface area contributed by atoms with Gasteiger partial charge in [0.05, 0.1) is 12.1 Å². The summed E-state index contributed by atoms with van der Waals surface area (Å²) in [7, 11) is 0. The third-order valence-corrected chi connectivity index (χ3v) is 2.21. The van der Waals surface area contributed by atoms with Crippen molar-refractivity contribution in [1.29, 1.82) is 0 Å². The highest BCUT2D eigenvalue weighted by molar-refractivity contribution is 5.85. The lowest BCUT2D eigenvalue weighted by Gasteiger charge is -2.25. The van der Waals surface area contributed by atoms with E-state index in [1.54, 1.807) is 19.9 Å². The van der Waals surface area contributed by atoms with Gasteiger partial charge in [0.15, 0.2) is 0 Å². The summed E-state index contributed by atoms with van der Waals surface area (Å²) in [5, 5.41) is 8.48. The minimum Gasteiger partial charge on any atom is -0.351 e. The first-order chi connectivity index (χ1) is 8.17. The smallest absolute Gasteiger partial charge is 0.237 e. The second kappa shape index (κ2) is 7.16. The van der Waals surface area contributed by atoms with Crippen LogP contribution in [0.3, 0.4) is 0 Å². The number of rotatable bonds is 6. The topological polar surface area (TPSA) is 70.2 Å². The Morgan fingerprint density at radius 2 is 1.67 bits per heavy atom. The van der Waals surface area contributed by atoms with Crippen LogP contribution in [-0.4, -0.2) is 36.0 Å². The third kappa shape index (κ3) is 7.06. The minimum absolute atomic E-state index is 0.120. The van der Waals surface area contributed by atoms with Crippen molar-refractivity contribution in [2.24, 2.45) is 0 Å². The van der Waals surface area contributed by atoms with Crippen LogP contribution in [0, 0.1) is 0 Å². The van der Waals surface area contributed by atoms with Crippen LogP contribution in [0.2, 0.25) is 0 Å². The van der Waals surface area contributed by atoms with Gasteiger partial charge in [-0.1, -0.05) is 6.08 Å². The number of hydrogen-bond acceptors (Lipinski definition) is 3. The summed E-state index contributed by atoms with van der Waals surface area (Å²) in [5.74, 6) is -0.267. The first-order valence-corrected chi connectivity index (χ1v) is 6.14. The van der Waals surface area contributed by atoms with E-state index in [0.29, 0.717) is 6.54 Å². The summed E-state index contributed by atoms with van der Waals surface area (Å²) in [6.07, 6.45) is 1.61. The molecule has 2 amide bonds. The average molecular weight is 255 g/mol. The van der Waals surface area contributed by atoms with E-state index in [9.17, 15) is 9.59 Å². The van der Waals surface area contributed by atoms with Crippen molar-refractivity contribution in [3.63, 3.8) is 0 Å². The summed E-state index contributed by atoms with van der Waals surface area (Å²) in [5.41, 5.74) is -0.276. The molecule has 2 atom stereocenters. The van der Waals surface area contributed by atoms with Gasteiger partial charge >= 0.3 is 0 Å². The molecule has 0 radical (unpaired) electrons. The predicted molar refractivity (Wildman–Crippen MR) is 73.2 cm³/mol. The maximum Gasteiger partial charge on any atom is 0.237 e. The Morgan fingerprint density at radius 1 is 1.17 bits per heavy atom.